The number of rotatable bonds is 3. The van der Waals surface area contributed by atoms with Crippen LogP contribution in [0.5, 0.6) is 0 Å². The first-order valence-corrected chi connectivity index (χ1v) is 5.17. The third kappa shape index (κ3) is 3.36. The van der Waals surface area contributed by atoms with Crippen LogP contribution in [-0.4, -0.2) is 11.9 Å². The number of nitrogens with one attached hydrogen (secondary N) is 1. The summed E-state index contributed by atoms with van der Waals surface area (Å²) < 4.78 is 0. The first kappa shape index (κ1) is 11.7. The molecule has 0 spiro atoms. The molecule has 15 heavy (non-hydrogen) atoms. The highest BCUT2D eigenvalue weighted by molar-refractivity contribution is 5.94. The van der Waals surface area contributed by atoms with E-state index in [1.807, 2.05) is 24.3 Å². The van der Waals surface area contributed by atoms with Crippen LogP contribution in [0.2, 0.25) is 0 Å². The van der Waals surface area contributed by atoms with E-state index in [2.05, 4.69) is 19.2 Å². The number of amides is 1. The Labute approximate surface area is 90.7 Å². The van der Waals surface area contributed by atoms with Crippen LogP contribution < -0.4 is 11.1 Å². The molecule has 0 fully saturated rings. The molecule has 0 saturated heterocycles. The Hall–Kier alpha value is -1.35. The highest BCUT2D eigenvalue weighted by Crippen LogP contribution is 2.18. The summed E-state index contributed by atoms with van der Waals surface area (Å²) in [5, 5.41) is 2.77. The molecular weight excluding hydrogens is 188 g/mol. The SMILES string of the molecule is CC(C)c1cccc(NC(=O)[C@H](C)N)c1. The average molecular weight is 206 g/mol. The minimum Gasteiger partial charge on any atom is -0.325 e. The first-order valence-electron chi connectivity index (χ1n) is 5.17. The van der Waals surface area contributed by atoms with E-state index in [1.165, 1.54) is 5.56 Å². The summed E-state index contributed by atoms with van der Waals surface area (Å²) in [5.41, 5.74) is 7.48. The second kappa shape index (κ2) is 4.94. The second-order valence-corrected chi connectivity index (χ2v) is 4.06. The van der Waals surface area contributed by atoms with Crippen LogP contribution in [0.3, 0.4) is 0 Å². The fourth-order valence-corrected chi connectivity index (χ4v) is 1.23. The van der Waals surface area contributed by atoms with Crippen molar-refractivity contribution in [1.82, 2.24) is 0 Å². The smallest absolute Gasteiger partial charge is 0.240 e. The zero-order valence-corrected chi connectivity index (χ0v) is 9.45. The van der Waals surface area contributed by atoms with E-state index in [9.17, 15) is 4.79 Å². The van der Waals surface area contributed by atoms with Crippen molar-refractivity contribution in [2.75, 3.05) is 5.32 Å². The largest absolute Gasteiger partial charge is 0.325 e. The predicted molar refractivity (Wildman–Crippen MR) is 62.8 cm³/mol. The molecule has 0 aliphatic carbocycles. The van der Waals surface area contributed by atoms with Gasteiger partial charge in [0, 0.05) is 5.69 Å². The molecule has 3 heteroatoms. The van der Waals surface area contributed by atoms with Gasteiger partial charge < -0.3 is 11.1 Å². The van der Waals surface area contributed by atoms with Gasteiger partial charge >= 0.3 is 0 Å². The topological polar surface area (TPSA) is 55.1 Å². The van der Waals surface area contributed by atoms with E-state index in [0.29, 0.717) is 5.92 Å². The lowest BCUT2D eigenvalue weighted by Gasteiger charge is -2.10. The molecule has 82 valence electrons. The Morgan fingerprint density at radius 2 is 2.00 bits per heavy atom. The van der Waals surface area contributed by atoms with Crippen molar-refractivity contribution in [2.45, 2.75) is 32.7 Å². The summed E-state index contributed by atoms with van der Waals surface area (Å²) in [6.07, 6.45) is 0. The maximum absolute atomic E-state index is 11.4. The van der Waals surface area contributed by atoms with Gasteiger partial charge in [-0.05, 0) is 30.5 Å². The van der Waals surface area contributed by atoms with Gasteiger partial charge in [0.05, 0.1) is 6.04 Å². The minimum atomic E-state index is -0.479. The van der Waals surface area contributed by atoms with Crippen molar-refractivity contribution in [3.05, 3.63) is 29.8 Å². The summed E-state index contributed by atoms with van der Waals surface area (Å²) in [6.45, 7) is 5.90. The number of benzene rings is 1. The van der Waals surface area contributed by atoms with E-state index in [4.69, 9.17) is 5.73 Å². The van der Waals surface area contributed by atoms with Gasteiger partial charge in [-0.2, -0.15) is 0 Å². The van der Waals surface area contributed by atoms with Gasteiger partial charge in [0.2, 0.25) is 5.91 Å². The zero-order valence-electron chi connectivity index (χ0n) is 9.45. The first-order chi connectivity index (χ1) is 7.00. The molecule has 0 saturated carbocycles. The standard InChI is InChI=1S/C12H18N2O/c1-8(2)10-5-4-6-11(7-10)14-12(15)9(3)13/h4-9H,13H2,1-3H3,(H,14,15)/t9-/m0/s1. The monoisotopic (exact) mass is 206 g/mol. The van der Waals surface area contributed by atoms with Gasteiger partial charge in [0.25, 0.3) is 0 Å². The Morgan fingerprint density at radius 3 is 2.53 bits per heavy atom. The number of nitrogens with two attached hydrogens (primary N) is 1. The number of carbonyl (C=O) groups is 1. The van der Waals surface area contributed by atoms with Gasteiger partial charge in [-0.15, -0.1) is 0 Å². The second-order valence-electron chi connectivity index (χ2n) is 4.06. The zero-order chi connectivity index (χ0) is 11.4. The molecule has 0 aromatic heterocycles. The summed E-state index contributed by atoms with van der Waals surface area (Å²) in [5.74, 6) is 0.299. The fourth-order valence-electron chi connectivity index (χ4n) is 1.23. The van der Waals surface area contributed by atoms with Gasteiger partial charge in [0.15, 0.2) is 0 Å². The molecule has 1 aromatic carbocycles. The molecule has 0 aliphatic rings. The van der Waals surface area contributed by atoms with Crippen LogP contribution in [0.25, 0.3) is 0 Å². The third-order valence-electron chi connectivity index (χ3n) is 2.23. The summed E-state index contributed by atoms with van der Waals surface area (Å²) in [6, 6.07) is 7.35. The van der Waals surface area contributed by atoms with E-state index < -0.39 is 6.04 Å². The third-order valence-corrected chi connectivity index (χ3v) is 2.23. The Bertz CT molecular complexity index is 345. The Kier molecular flexibility index (Phi) is 3.86. The highest BCUT2D eigenvalue weighted by atomic mass is 16.2. The molecular formula is C12H18N2O. The molecule has 0 unspecified atom stereocenters. The van der Waals surface area contributed by atoms with Gasteiger partial charge in [-0.25, -0.2) is 0 Å². The Morgan fingerprint density at radius 1 is 1.33 bits per heavy atom. The molecule has 0 heterocycles. The molecule has 0 radical (unpaired) electrons. The molecule has 0 aliphatic heterocycles. The molecule has 1 amide bonds. The van der Waals surface area contributed by atoms with E-state index >= 15 is 0 Å². The normalized spacial score (nSPS) is 12.6. The van der Waals surface area contributed by atoms with E-state index in [0.717, 1.165) is 5.69 Å². The lowest BCUT2D eigenvalue weighted by molar-refractivity contribution is -0.117. The molecule has 1 rings (SSSR count). The van der Waals surface area contributed by atoms with Crippen LogP contribution >= 0.6 is 0 Å². The van der Waals surface area contributed by atoms with Crippen molar-refractivity contribution in [3.8, 4) is 0 Å². The number of hydrogen-bond donors (Lipinski definition) is 2. The predicted octanol–water partition coefficient (Wildman–Crippen LogP) is 2.10. The quantitative estimate of drug-likeness (QED) is 0.795. The summed E-state index contributed by atoms with van der Waals surface area (Å²) in [4.78, 5) is 11.4. The van der Waals surface area contributed by atoms with Crippen molar-refractivity contribution in [1.29, 1.82) is 0 Å². The molecule has 1 atom stereocenters. The number of carbonyl (C=O) groups excluding carboxylic acids is 1. The number of anilines is 1. The lowest BCUT2D eigenvalue weighted by atomic mass is 10.0. The van der Waals surface area contributed by atoms with E-state index in [-0.39, 0.29) is 5.91 Å². The average Bonchev–Trinajstić information content (AvgIpc) is 2.18. The molecule has 3 N–H and O–H groups in total. The summed E-state index contributed by atoms with van der Waals surface area (Å²) in [7, 11) is 0. The number of hydrogen-bond acceptors (Lipinski definition) is 2. The molecule has 1 aromatic rings. The fraction of sp³-hybridized carbons (Fsp3) is 0.417. The van der Waals surface area contributed by atoms with Crippen molar-refractivity contribution in [2.24, 2.45) is 5.73 Å². The van der Waals surface area contributed by atoms with Gasteiger partial charge in [-0.3, -0.25) is 4.79 Å². The molecule has 0 bridgehead atoms. The lowest BCUT2D eigenvalue weighted by Crippen LogP contribution is -2.32. The Balaban J connectivity index is 2.78. The van der Waals surface area contributed by atoms with Crippen molar-refractivity contribution in [3.63, 3.8) is 0 Å². The summed E-state index contributed by atoms with van der Waals surface area (Å²) >= 11 is 0. The van der Waals surface area contributed by atoms with Crippen molar-refractivity contribution < 1.29 is 4.79 Å². The maximum atomic E-state index is 11.4. The highest BCUT2D eigenvalue weighted by Gasteiger charge is 2.07. The minimum absolute atomic E-state index is 0.157. The molecule has 3 nitrogen and oxygen atoms in total. The van der Waals surface area contributed by atoms with Crippen LogP contribution in [0.15, 0.2) is 24.3 Å². The van der Waals surface area contributed by atoms with Crippen LogP contribution in [0.4, 0.5) is 5.69 Å². The van der Waals surface area contributed by atoms with Crippen LogP contribution in [0, 0.1) is 0 Å². The van der Waals surface area contributed by atoms with Crippen LogP contribution in [-0.2, 0) is 4.79 Å². The van der Waals surface area contributed by atoms with Crippen molar-refractivity contribution >= 4 is 11.6 Å². The maximum Gasteiger partial charge on any atom is 0.240 e. The van der Waals surface area contributed by atoms with E-state index in [1.54, 1.807) is 6.92 Å². The van der Waals surface area contributed by atoms with Gasteiger partial charge in [-0.1, -0.05) is 26.0 Å². The van der Waals surface area contributed by atoms with Gasteiger partial charge in [0.1, 0.15) is 0 Å². The van der Waals surface area contributed by atoms with Crippen LogP contribution in [0.1, 0.15) is 32.3 Å².